The van der Waals surface area contributed by atoms with Crippen molar-refractivity contribution in [1.82, 2.24) is 19.5 Å². The molecule has 11 rings (SSSR count). The highest BCUT2D eigenvalue weighted by atomic mass is 15.0. The minimum absolute atomic E-state index is 0.487. The summed E-state index contributed by atoms with van der Waals surface area (Å²) < 4.78 is 2.40. The Morgan fingerprint density at radius 1 is 0.339 bits per heavy atom. The van der Waals surface area contributed by atoms with Crippen LogP contribution in [0.3, 0.4) is 0 Å². The van der Waals surface area contributed by atoms with Gasteiger partial charge in [0.05, 0.1) is 16.4 Å². The van der Waals surface area contributed by atoms with Gasteiger partial charge in [-0.2, -0.15) is 0 Å². The Kier molecular flexibility index (Phi) is 7.36. The summed E-state index contributed by atoms with van der Waals surface area (Å²) in [6, 6.07) is 73.5. The topological polar surface area (TPSA) is 43.6 Å². The number of rotatable bonds is 6. The van der Waals surface area contributed by atoms with Crippen molar-refractivity contribution >= 4 is 21.8 Å². The summed E-state index contributed by atoms with van der Waals surface area (Å²) in [5, 5.41) is 2.44. The fourth-order valence-corrected chi connectivity index (χ4v) is 8.89. The van der Waals surface area contributed by atoms with Crippen LogP contribution in [0.1, 0.15) is 22.3 Å². The molecule has 1 aliphatic rings. The molecule has 2 heterocycles. The summed E-state index contributed by atoms with van der Waals surface area (Å²) in [6.45, 7) is 0. The highest BCUT2D eigenvalue weighted by Gasteiger charge is 2.46. The minimum atomic E-state index is -0.487. The molecule has 0 saturated heterocycles. The first-order chi connectivity index (χ1) is 27.8. The van der Waals surface area contributed by atoms with Gasteiger partial charge in [0.2, 0.25) is 0 Å². The maximum atomic E-state index is 4.99. The molecule has 8 aromatic carbocycles. The van der Waals surface area contributed by atoms with E-state index in [0.717, 1.165) is 33.4 Å². The lowest BCUT2D eigenvalue weighted by Crippen LogP contribution is -2.28. The molecule has 0 saturated carbocycles. The summed E-state index contributed by atoms with van der Waals surface area (Å²) in [6.07, 6.45) is 0. The van der Waals surface area contributed by atoms with Gasteiger partial charge in [0.15, 0.2) is 17.5 Å². The van der Waals surface area contributed by atoms with E-state index in [2.05, 4.69) is 150 Å². The van der Waals surface area contributed by atoms with Crippen molar-refractivity contribution in [2.75, 3.05) is 0 Å². The van der Waals surface area contributed by atoms with Crippen molar-refractivity contribution in [3.05, 3.63) is 229 Å². The second-order valence-corrected chi connectivity index (χ2v) is 14.4. The van der Waals surface area contributed by atoms with Crippen molar-refractivity contribution in [3.63, 3.8) is 0 Å². The number of fused-ring (bicyclic) bond motifs is 6. The third kappa shape index (κ3) is 4.89. The zero-order valence-electron chi connectivity index (χ0n) is 30.4. The minimum Gasteiger partial charge on any atom is -0.309 e. The Morgan fingerprint density at radius 2 is 0.804 bits per heavy atom. The van der Waals surface area contributed by atoms with Crippen molar-refractivity contribution in [3.8, 4) is 51.0 Å². The Bertz CT molecular complexity index is 2960. The molecule has 2 aromatic heterocycles. The molecular formula is C52H34N4. The van der Waals surface area contributed by atoms with Crippen molar-refractivity contribution in [2.24, 2.45) is 0 Å². The largest absolute Gasteiger partial charge is 0.309 e. The number of hydrogen-bond donors (Lipinski definition) is 0. The molecule has 0 radical (unpaired) electrons. The van der Waals surface area contributed by atoms with E-state index in [1.54, 1.807) is 0 Å². The average Bonchev–Trinajstić information content (AvgIpc) is 3.78. The van der Waals surface area contributed by atoms with Crippen molar-refractivity contribution in [2.45, 2.75) is 5.41 Å². The highest BCUT2D eigenvalue weighted by Crippen LogP contribution is 2.56. The zero-order valence-corrected chi connectivity index (χ0v) is 30.4. The lowest BCUT2D eigenvalue weighted by atomic mass is 9.67. The van der Waals surface area contributed by atoms with Crippen LogP contribution in [0, 0.1) is 0 Å². The molecule has 0 amide bonds. The van der Waals surface area contributed by atoms with Gasteiger partial charge in [0.25, 0.3) is 0 Å². The molecule has 1 aliphatic carbocycles. The van der Waals surface area contributed by atoms with Gasteiger partial charge in [0, 0.05) is 33.2 Å². The summed E-state index contributed by atoms with van der Waals surface area (Å²) in [5.41, 5.74) is 13.4. The van der Waals surface area contributed by atoms with E-state index in [9.17, 15) is 0 Å². The van der Waals surface area contributed by atoms with Gasteiger partial charge < -0.3 is 4.57 Å². The van der Waals surface area contributed by atoms with Crippen LogP contribution in [-0.2, 0) is 5.41 Å². The van der Waals surface area contributed by atoms with Gasteiger partial charge in [-0.3, -0.25) is 0 Å². The predicted molar refractivity (Wildman–Crippen MR) is 228 cm³/mol. The van der Waals surface area contributed by atoms with Crippen LogP contribution in [0.15, 0.2) is 206 Å². The van der Waals surface area contributed by atoms with E-state index in [0.29, 0.717) is 17.5 Å². The van der Waals surface area contributed by atoms with Crippen LogP contribution in [0.2, 0.25) is 0 Å². The number of hydrogen-bond acceptors (Lipinski definition) is 3. The summed E-state index contributed by atoms with van der Waals surface area (Å²) in [7, 11) is 0. The quantitative estimate of drug-likeness (QED) is 0.172. The van der Waals surface area contributed by atoms with Gasteiger partial charge >= 0.3 is 0 Å². The first-order valence-electron chi connectivity index (χ1n) is 19.0. The average molecular weight is 715 g/mol. The monoisotopic (exact) mass is 714 g/mol. The molecule has 56 heavy (non-hydrogen) atoms. The van der Waals surface area contributed by atoms with Crippen molar-refractivity contribution < 1.29 is 0 Å². The molecule has 0 bridgehead atoms. The van der Waals surface area contributed by atoms with Crippen LogP contribution in [0.4, 0.5) is 0 Å². The molecular weight excluding hydrogens is 681 g/mol. The first kappa shape index (κ1) is 32.0. The Labute approximate surface area is 325 Å². The second-order valence-electron chi connectivity index (χ2n) is 14.4. The maximum Gasteiger partial charge on any atom is 0.164 e. The SMILES string of the molecule is c1ccc(-c2nc(-c3ccccc3)nc(-c3ccc(-n4c5ccccc5c5ccc(C6(c7ccccc7)c7ccccc7-c7ccccc76)cc54)cc3)n2)cc1. The predicted octanol–water partition coefficient (Wildman–Crippen LogP) is 12.3. The highest BCUT2D eigenvalue weighted by molar-refractivity contribution is 6.09. The molecule has 0 fully saturated rings. The Hall–Kier alpha value is -7.43. The van der Waals surface area contributed by atoms with Crippen LogP contribution in [-0.4, -0.2) is 19.5 Å². The van der Waals surface area contributed by atoms with Gasteiger partial charge in [-0.15, -0.1) is 0 Å². The van der Waals surface area contributed by atoms with E-state index in [1.165, 1.54) is 44.2 Å². The number of aromatic nitrogens is 4. The normalized spacial score (nSPS) is 12.8. The van der Waals surface area contributed by atoms with Crippen LogP contribution < -0.4 is 0 Å². The Morgan fingerprint density at radius 3 is 1.39 bits per heavy atom. The summed E-state index contributed by atoms with van der Waals surface area (Å²) in [5.74, 6) is 1.93. The molecule has 0 aliphatic heterocycles. The smallest absolute Gasteiger partial charge is 0.164 e. The maximum absolute atomic E-state index is 4.99. The number of nitrogens with zero attached hydrogens (tertiary/aromatic N) is 4. The van der Waals surface area contributed by atoms with E-state index in [1.807, 2.05) is 60.7 Å². The number of para-hydroxylation sites is 1. The third-order valence-electron chi connectivity index (χ3n) is 11.3. The fourth-order valence-electron chi connectivity index (χ4n) is 8.89. The van der Waals surface area contributed by atoms with E-state index in [4.69, 9.17) is 15.0 Å². The first-order valence-corrected chi connectivity index (χ1v) is 19.0. The lowest BCUT2D eigenvalue weighted by Gasteiger charge is -2.34. The van der Waals surface area contributed by atoms with Crippen LogP contribution >= 0.6 is 0 Å². The fraction of sp³-hybridized carbons (Fsp3) is 0.0192. The number of benzene rings is 8. The van der Waals surface area contributed by atoms with Gasteiger partial charge in [-0.05, 0) is 69.8 Å². The van der Waals surface area contributed by atoms with Crippen molar-refractivity contribution in [1.29, 1.82) is 0 Å². The molecule has 0 atom stereocenters. The second kappa shape index (κ2) is 12.9. The van der Waals surface area contributed by atoms with Crippen LogP contribution in [0.5, 0.6) is 0 Å². The zero-order chi connectivity index (χ0) is 37.1. The van der Waals surface area contributed by atoms with Gasteiger partial charge in [-0.1, -0.05) is 170 Å². The van der Waals surface area contributed by atoms with E-state index >= 15 is 0 Å². The summed E-state index contributed by atoms with van der Waals surface area (Å²) in [4.78, 5) is 14.9. The van der Waals surface area contributed by atoms with Gasteiger partial charge in [0.1, 0.15) is 0 Å². The molecule has 10 aromatic rings. The third-order valence-corrected chi connectivity index (χ3v) is 11.3. The van der Waals surface area contributed by atoms with Gasteiger partial charge in [-0.25, -0.2) is 15.0 Å². The lowest BCUT2D eigenvalue weighted by molar-refractivity contribution is 0.769. The summed E-state index contributed by atoms with van der Waals surface area (Å²) >= 11 is 0. The molecule has 4 heteroatoms. The Balaban J connectivity index is 1.10. The van der Waals surface area contributed by atoms with Crippen LogP contribution in [0.25, 0.3) is 72.8 Å². The molecule has 0 spiro atoms. The molecule has 262 valence electrons. The van der Waals surface area contributed by atoms with E-state index in [-0.39, 0.29) is 0 Å². The molecule has 0 N–H and O–H groups in total. The van der Waals surface area contributed by atoms with E-state index < -0.39 is 5.41 Å². The molecule has 0 unspecified atom stereocenters. The molecule has 4 nitrogen and oxygen atoms in total. The standard InChI is InChI=1S/C52H34N4/c1-4-16-35(17-5-1)49-53-50(36-18-6-2-7-19-36)55-51(54-49)37-28-31-40(32-29-37)56-47-27-15-12-24-43(47)44-33-30-39(34-48(44)56)52(38-20-8-3-9-21-38)45-25-13-10-22-41(45)42-23-11-14-26-46(42)52/h1-34H.